The van der Waals surface area contributed by atoms with E-state index in [9.17, 15) is 4.79 Å². The molecular weight excluding hydrogens is 519 g/mol. The number of aliphatic imine (C=N–C) groups is 1. The monoisotopic (exact) mass is 552 g/mol. The Labute approximate surface area is 207 Å². The predicted molar refractivity (Wildman–Crippen MR) is 138 cm³/mol. The van der Waals surface area contributed by atoms with Crippen LogP contribution in [0.2, 0.25) is 0 Å². The lowest BCUT2D eigenvalue weighted by Crippen LogP contribution is -2.40. The van der Waals surface area contributed by atoms with E-state index in [1.807, 2.05) is 36.4 Å². The molecule has 1 heterocycles. The maximum Gasteiger partial charge on any atom is 0.255 e. The average molecular weight is 552 g/mol. The van der Waals surface area contributed by atoms with Crippen LogP contribution in [0.25, 0.3) is 0 Å². The van der Waals surface area contributed by atoms with Gasteiger partial charge in [-0.15, -0.1) is 24.0 Å². The molecule has 0 spiro atoms. The van der Waals surface area contributed by atoms with Crippen molar-refractivity contribution in [3.63, 3.8) is 0 Å². The number of nitrogens with two attached hydrogens (primary N) is 1. The third kappa shape index (κ3) is 7.58. The van der Waals surface area contributed by atoms with Crippen LogP contribution in [0.3, 0.4) is 0 Å². The Morgan fingerprint density at radius 2 is 1.84 bits per heavy atom. The summed E-state index contributed by atoms with van der Waals surface area (Å²) in [5.74, 6) is 2.52. The summed E-state index contributed by atoms with van der Waals surface area (Å²) in [5, 5.41) is 3.43. The smallest absolute Gasteiger partial charge is 0.255 e. The van der Waals surface area contributed by atoms with Gasteiger partial charge in [-0.3, -0.25) is 9.79 Å². The Morgan fingerprint density at radius 3 is 2.47 bits per heavy atom. The van der Waals surface area contributed by atoms with Gasteiger partial charge in [-0.1, -0.05) is 24.3 Å². The van der Waals surface area contributed by atoms with Crippen molar-refractivity contribution < 1.29 is 14.3 Å². The van der Waals surface area contributed by atoms with Crippen molar-refractivity contribution in [2.75, 3.05) is 39.9 Å². The Morgan fingerprint density at radius 1 is 1.16 bits per heavy atom. The van der Waals surface area contributed by atoms with Crippen LogP contribution in [-0.4, -0.2) is 56.7 Å². The largest absolute Gasteiger partial charge is 0.497 e. The van der Waals surface area contributed by atoms with E-state index >= 15 is 0 Å². The number of carbonyl (C=O) groups excluding carboxylic acids is 1. The minimum absolute atomic E-state index is 0. The highest BCUT2D eigenvalue weighted by atomic mass is 127. The SMILES string of the molecule is CCNC(=NCCc1ccc(OCC(N)=O)cc1)N1CCC(c2ccc(OC)cc2)C1.I. The molecule has 1 atom stereocenters. The van der Waals surface area contributed by atoms with Crippen molar-refractivity contribution >= 4 is 35.8 Å². The Balaban J connectivity index is 0.00000363. The number of benzene rings is 2. The van der Waals surface area contributed by atoms with Gasteiger partial charge in [-0.2, -0.15) is 0 Å². The van der Waals surface area contributed by atoms with Gasteiger partial charge in [0, 0.05) is 32.1 Å². The van der Waals surface area contributed by atoms with Gasteiger partial charge in [0.1, 0.15) is 11.5 Å². The summed E-state index contributed by atoms with van der Waals surface area (Å²) in [6.07, 6.45) is 1.95. The molecule has 1 aliphatic rings. The van der Waals surface area contributed by atoms with Crippen molar-refractivity contribution in [1.82, 2.24) is 10.2 Å². The van der Waals surface area contributed by atoms with Crippen LogP contribution in [-0.2, 0) is 11.2 Å². The molecule has 0 radical (unpaired) electrons. The standard InChI is InChI=1S/C24H32N4O3.HI/c1-3-26-24(27-14-12-18-4-8-22(9-5-18)31-17-23(25)29)28-15-13-20(16-28)19-6-10-21(30-2)11-7-19;/h4-11,20H,3,12-17H2,1-2H3,(H2,25,29)(H,26,27);1H. The summed E-state index contributed by atoms with van der Waals surface area (Å²) < 4.78 is 10.6. The molecule has 0 aliphatic carbocycles. The number of primary amides is 1. The lowest BCUT2D eigenvalue weighted by atomic mass is 9.98. The van der Waals surface area contributed by atoms with E-state index in [1.165, 1.54) is 11.1 Å². The number of nitrogens with one attached hydrogen (secondary N) is 1. The van der Waals surface area contributed by atoms with Crippen molar-refractivity contribution in [1.29, 1.82) is 0 Å². The summed E-state index contributed by atoms with van der Waals surface area (Å²) in [7, 11) is 1.69. The third-order valence-corrected chi connectivity index (χ3v) is 5.38. The first kappa shape index (κ1) is 25.8. The molecular formula is C24H33IN4O3. The quantitative estimate of drug-likeness (QED) is 0.284. The van der Waals surface area contributed by atoms with Gasteiger partial charge in [0.15, 0.2) is 12.6 Å². The van der Waals surface area contributed by atoms with E-state index in [2.05, 4.69) is 29.3 Å². The normalized spacial score (nSPS) is 15.8. The summed E-state index contributed by atoms with van der Waals surface area (Å²) in [6, 6.07) is 16.1. The van der Waals surface area contributed by atoms with Gasteiger partial charge in [-0.05, 0) is 55.2 Å². The number of hydrogen-bond donors (Lipinski definition) is 2. The molecule has 2 aromatic rings. The molecule has 3 rings (SSSR count). The number of guanidine groups is 1. The Hall–Kier alpha value is -2.49. The number of ether oxygens (including phenoxy) is 2. The molecule has 1 fully saturated rings. The molecule has 7 nitrogen and oxygen atoms in total. The molecule has 0 bridgehead atoms. The zero-order valence-corrected chi connectivity index (χ0v) is 21.1. The first-order valence-electron chi connectivity index (χ1n) is 10.8. The van der Waals surface area contributed by atoms with Crippen molar-refractivity contribution in [3.05, 3.63) is 59.7 Å². The molecule has 3 N–H and O–H groups in total. The number of methoxy groups -OCH3 is 1. The van der Waals surface area contributed by atoms with E-state index in [0.29, 0.717) is 18.2 Å². The number of halogens is 1. The molecule has 1 aliphatic heterocycles. The molecule has 1 unspecified atom stereocenters. The van der Waals surface area contributed by atoms with Gasteiger partial charge < -0.3 is 25.4 Å². The van der Waals surface area contributed by atoms with E-state index in [-0.39, 0.29) is 30.6 Å². The number of likely N-dealkylation sites (tertiary alicyclic amines) is 1. The van der Waals surface area contributed by atoms with Crippen molar-refractivity contribution in [3.8, 4) is 11.5 Å². The van der Waals surface area contributed by atoms with Crippen LogP contribution >= 0.6 is 24.0 Å². The van der Waals surface area contributed by atoms with E-state index in [1.54, 1.807) is 7.11 Å². The molecule has 2 aromatic carbocycles. The highest BCUT2D eigenvalue weighted by Gasteiger charge is 2.26. The second kappa shape index (κ2) is 13.1. The van der Waals surface area contributed by atoms with E-state index < -0.39 is 5.91 Å². The van der Waals surface area contributed by atoms with Gasteiger partial charge in [0.2, 0.25) is 0 Å². The first-order chi connectivity index (χ1) is 15.1. The van der Waals surface area contributed by atoms with Crippen LogP contribution in [0.15, 0.2) is 53.5 Å². The lowest BCUT2D eigenvalue weighted by Gasteiger charge is -2.22. The number of hydrogen-bond acceptors (Lipinski definition) is 4. The van der Waals surface area contributed by atoms with Crippen LogP contribution < -0.4 is 20.5 Å². The maximum atomic E-state index is 10.8. The fourth-order valence-corrected chi connectivity index (χ4v) is 3.72. The van der Waals surface area contributed by atoms with Crippen LogP contribution in [0, 0.1) is 0 Å². The highest BCUT2D eigenvalue weighted by molar-refractivity contribution is 14.0. The number of amides is 1. The Kier molecular flexibility index (Phi) is 10.6. The van der Waals surface area contributed by atoms with Gasteiger partial charge in [0.25, 0.3) is 5.91 Å². The summed E-state index contributed by atoms with van der Waals surface area (Å²) in [5.41, 5.74) is 7.62. The second-order valence-electron chi connectivity index (χ2n) is 7.59. The molecule has 0 aromatic heterocycles. The molecule has 32 heavy (non-hydrogen) atoms. The van der Waals surface area contributed by atoms with Gasteiger partial charge >= 0.3 is 0 Å². The predicted octanol–water partition coefficient (Wildman–Crippen LogP) is 3.17. The summed E-state index contributed by atoms with van der Waals surface area (Å²) in [6.45, 7) is 5.49. The average Bonchev–Trinajstić information content (AvgIpc) is 3.28. The summed E-state index contributed by atoms with van der Waals surface area (Å²) >= 11 is 0. The summed E-state index contributed by atoms with van der Waals surface area (Å²) in [4.78, 5) is 18.0. The number of carbonyl (C=O) groups is 1. The maximum absolute atomic E-state index is 10.8. The van der Waals surface area contributed by atoms with Crippen molar-refractivity contribution in [2.45, 2.75) is 25.7 Å². The lowest BCUT2D eigenvalue weighted by molar-refractivity contribution is -0.119. The second-order valence-corrected chi connectivity index (χ2v) is 7.59. The van der Waals surface area contributed by atoms with Crippen LogP contribution in [0.5, 0.6) is 11.5 Å². The fourth-order valence-electron chi connectivity index (χ4n) is 3.72. The minimum atomic E-state index is -0.481. The molecule has 8 heteroatoms. The van der Waals surface area contributed by atoms with Crippen LogP contribution in [0.4, 0.5) is 0 Å². The molecule has 1 amide bonds. The van der Waals surface area contributed by atoms with Gasteiger partial charge in [-0.25, -0.2) is 0 Å². The molecule has 1 saturated heterocycles. The van der Waals surface area contributed by atoms with Crippen molar-refractivity contribution in [2.24, 2.45) is 10.7 Å². The highest BCUT2D eigenvalue weighted by Crippen LogP contribution is 2.28. The topological polar surface area (TPSA) is 89.2 Å². The number of rotatable bonds is 9. The van der Waals surface area contributed by atoms with Crippen LogP contribution in [0.1, 0.15) is 30.4 Å². The third-order valence-electron chi connectivity index (χ3n) is 5.38. The van der Waals surface area contributed by atoms with E-state index in [0.717, 1.165) is 44.2 Å². The minimum Gasteiger partial charge on any atom is -0.497 e. The zero-order chi connectivity index (χ0) is 22.1. The van der Waals surface area contributed by atoms with Gasteiger partial charge in [0.05, 0.1) is 7.11 Å². The molecule has 0 saturated carbocycles. The Bertz CT molecular complexity index is 872. The fraction of sp³-hybridized carbons (Fsp3) is 0.417. The zero-order valence-electron chi connectivity index (χ0n) is 18.8. The number of nitrogens with zero attached hydrogens (tertiary/aromatic N) is 2. The first-order valence-corrected chi connectivity index (χ1v) is 10.8. The molecule has 174 valence electrons. The van der Waals surface area contributed by atoms with E-state index in [4.69, 9.17) is 20.2 Å².